The minimum absolute atomic E-state index is 0.0385. The van der Waals surface area contributed by atoms with E-state index in [-0.39, 0.29) is 34.2 Å². The van der Waals surface area contributed by atoms with E-state index in [1.807, 2.05) is 6.92 Å². The predicted octanol–water partition coefficient (Wildman–Crippen LogP) is 1.07. The Morgan fingerprint density at radius 1 is 1.55 bits per heavy atom. The average Bonchev–Trinajstić information content (AvgIpc) is 2.41. The number of pyridine rings is 1. The van der Waals surface area contributed by atoms with Crippen molar-refractivity contribution in [3.05, 3.63) is 17.3 Å². The Kier molecular flexibility index (Phi) is 4.53. The molecule has 0 bridgehead atoms. The third-order valence-corrected chi connectivity index (χ3v) is 5.90. The van der Waals surface area contributed by atoms with Crippen molar-refractivity contribution in [3.63, 3.8) is 0 Å². The lowest BCUT2D eigenvalue weighted by Crippen LogP contribution is -2.51. The molecule has 8 heteroatoms. The van der Waals surface area contributed by atoms with Crippen molar-refractivity contribution in [2.45, 2.75) is 30.7 Å². The van der Waals surface area contributed by atoms with E-state index in [1.165, 1.54) is 16.6 Å². The molecule has 6 nitrogen and oxygen atoms in total. The van der Waals surface area contributed by atoms with Gasteiger partial charge >= 0.3 is 0 Å². The standard InChI is InChI=1S/C12H19ClN4O2S/c1-8-3-2-4-17(10(8)6-14)20(18,19)11-5-9(13)7-16-12(11)15/h5,7-8,10H,2-4,6,14H2,1H3,(H2,15,16)/t8-,10-/m0/s1. The first-order valence-corrected chi connectivity index (χ1v) is 8.32. The van der Waals surface area contributed by atoms with Crippen LogP contribution in [0.15, 0.2) is 17.2 Å². The van der Waals surface area contributed by atoms with Crippen LogP contribution in [0.3, 0.4) is 0 Å². The summed E-state index contributed by atoms with van der Waals surface area (Å²) in [6.07, 6.45) is 3.11. The summed E-state index contributed by atoms with van der Waals surface area (Å²) in [6, 6.07) is 1.12. The van der Waals surface area contributed by atoms with Gasteiger partial charge in [0.1, 0.15) is 10.7 Å². The molecule has 0 unspecified atom stereocenters. The molecule has 1 fully saturated rings. The van der Waals surface area contributed by atoms with Gasteiger partial charge in [-0.1, -0.05) is 18.5 Å². The van der Waals surface area contributed by atoms with Crippen LogP contribution in [0.25, 0.3) is 0 Å². The van der Waals surface area contributed by atoms with E-state index in [0.29, 0.717) is 6.54 Å². The van der Waals surface area contributed by atoms with Gasteiger partial charge in [-0.15, -0.1) is 0 Å². The molecule has 1 aliphatic rings. The van der Waals surface area contributed by atoms with Gasteiger partial charge in [-0.2, -0.15) is 4.31 Å². The Balaban J connectivity index is 2.45. The van der Waals surface area contributed by atoms with Gasteiger partial charge in [0.2, 0.25) is 10.0 Å². The second-order valence-electron chi connectivity index (χ2n) is 5.08. The van der Waals surface area contributed by atoms with Gasteiger partial charge in [0.25, 0.3) is 0 Å². The van der Waals surface area contributed by atoms with Crippen molar-refractivity contribution in [3.8, 4) is 0 Å². The highest BCUT2D eigenvalue weighted by molar-refractivity contribution is 7.89. The summed E-state index contributed by atoms with van der Waals surface area (Å²) in [5, 5.41) is 0.243. The molecule has 20 heavy (non-hydrogen) atoms. The fourth-order valence-corrected chi connectivity index (χ4v) is 4.71. The fraction of sp³-hybridized carbons (Fsp3) is 0.583. The van der Waals surface area contributed by atoms with Crippen LogP contribution in [-0.2, 0) is 10.0 Å². The topological polar surface area (TPSA) is 102 Å². The first kappa shape index (κ1) is 15.5. The van der Waals surface area contributed by atoms with Gasteiger partial charge in [0.05, 0.1) is 5.02 Å². The van der Waals surface area contributed by atoms with Crippen molar-refractivity contribution in [1.29, 1.82) is 0 Å². The lowest BCUT2D eigenvalue weighted by Gasteiger charge is -2.38. The highest BCUT2D eigenvalue weighted by Crippen LogP contribution is 2.31. The van der Waals surface area contributed by atoms with Crippen LogP contribution < -0.4 is 11.5 Å². The molecule has 0 saturated carbocycles. The molecule has 0 radical (unpaired) electrons. The maximum atomic E-state index is 12.8. The number of hydrogen-bond acceptors (Lipinski definition) is 5. The zero-order valence-electron chi connectivity index (χ0n) is 11.3. The molecule has 0 amide bonds. The third kappa shape index (κ3) is 2.76. The molecule has 0 spiro atoms. The Labute approximate surface area is 124 Å². The molecule has 2 rings (SSSR count). The predicted molar refractivity (Wildman–Crippen MR) is 78.8 cm³/mol. The van der Waals surface area contributed by atoms with Gasteiger partial charge in [0.15, 0.2) is 0 Å². The minimum Gasteiger partial charge on any atom is -0.383 e. The van der Waals surface area contributed by atoms with E-state index in [9.17, 15) is 8.42 Å². The number of nitrogens with two attached hydrogens (primary N) is 2. The van der Waals surface area contributed by atoms with Crippen molar-refractivity contribution in [2.24, 2.45) is 11.7 Å². The van der Waals surface area contributed by atoms with E-state index in [2.05, 4.69) is 4.98 Å². The van der Waals surface area contributed by atoms with Gasteiger partial charge in [-0.05, 0) is 24.8 Å². The number of nitrogens with zero attached hydrogens (tertiary/aromatic N) is 2. The lowest BCUT2D eigenvalue weighted by atomic mass is 9.93. The smallest absolute Gasteiger partial charge is 0.247 e. The number of rotatable bonds is 3. The molecule has 4 N–H and O–H groups in total. The summed E-state index contributed by atoms with van der Waals surface area (Å²) in [5.74, 6) is 0.181. The van der Waals surface area contributed by atoms with Crippen molar-refractivity contribution in [2.75, 3.05) is 18.8 Å². The summed E-state index contributed by atoms with van der Waals surface area (Å²) in [5.41, 5.74) is 11.4. The van der Waals surface area contributed by atoms with Crippen LogP contribution in [0.5, 0.6) is 0 Å². The molecular weight excluding hydrogens is 300 g/mol. The largest absolute Gasteiger partial charge is 0.383 e. The fourth-order valence-electron chi connectivity index (χ4n) is 2.62. The highest BCUT2D eigenvalue weighted by atomic mass is 35.5. The summed E-state index contributed by atoms with van der Waals surface area (Å²) in [7, 11) is -3.73. The molecule has 1 aromatic heterocycles. The highest BCUT2D eigenvalue weighted by Gasteiger charge is 2.37. The lowest BCUT2D eigenvalue weighted by molar-refractivity contribution is 0.192. The first-order chi connectivity index (χ1) is 9.37. The van der Waals surface area contributed by atoms with Crippen LogP contribution in [0.1, 0.15) is 19.8 Å². The zero-order chi connectivity index (χ0) is 14.9. The molecule has 2 heterocycles. The normalized spacial score (nSPS) is 24.8. The van der Waals surface area contributed by atoms with Crippen molar-refractivity contribution < 1.29 is 8.42 Å². The van der Waals surface area contributed by atoms with Crippen molar-refractivity contribution >= 4 is 27.4 Å². The molecule has 0 aromatic carbocycles. The summed E-state index contributed by atoms with van der Waals surface area (Å²) >= 11 is 5.84. The molecule has 1 aliphatic heterocycles. The maximum Gasteiger partial charge on any atom is 0.247 e. The number of piperidine rings is 1. The zero-order valence-corrected chi connectivity index (χ0v) is 12.9. The minimum atomic E-state index is -3.73. The van der Waals surface area contributed by atoms with Crippen LogP contribution in [0, 0.1) is 5.92 Å². The Morgan fingerprint density at radius 3 is 2.90 bits per heavy atom. The first-order valence-electron chi connectivity index (χ1n) is 6.51. The van der Waals surface area contributed by atoms with Crippen molar-refractivity contribution in [1.82, 2.24) is 9.29 Å². The number of hydrogen-bond donors (Lipinski definition) is 2. The van der Waals surface area contributed by atoms with E-state index in [0.717, 1.165) is 12.8 Å². The number of aromatic nitrogens is 1. The van der Waals surface area contributed by atoms with E-state index in [4.69, 9.17) is 23.1 Å². The van der Waals surface area contributed by atoms with Gasteiger partial charge < -0.3 is 11.5 Å². The number of halogens is 1. The number of nitrogen functional groups attached to an aromatic ring is 1. The summed E-state index contributed by atoms with van der Waals surface area (Å²) in [4.78, 5) is 3.77. The quantitative estimate of drug-likeness (QED) is 0.867. The van der Waals surface area contributed by atoms with Crippen LogP contribution in [0.2, 0.25) is 5.02 Å². The monoisotopic (exact) mass is 318 g/mol. The van der Waals surface area contributed by atoms with Crippen LogP contribution in [-0.4, -0.2) is 36.8 Å². The molecule has 112 valence electrons. The average molecular weight is 319 g/mol. The molecule has 0 aliphatic carbocycles. The summed E-state index contributed by atoms with van der Waals surface area (Å²) < 4.78 is 27.0. The molecule has 2 atom stereocenters. The Hall–Kier alpha value is -0.890. The second kappa shape index (κ2) is 5.85. The van der Waals surface area contributed by atoms with Crippen LogP contribution >= 0.6 is 11.6 Å². The Bertz CT molecular complexity index is 593. The third-order valence-electron chi connectivity index (χ3n) is 3.74. The molecular formula is C12H19ClN4O2S. The van der Waals surface area contributed by atoms with Gasteiger partial charge in [0, 0.05) is 25.3 Å². The van der Waals surface area contributed by atoms with E-state index < -0.39 is 10.0 Å². The SMILES string of the molecule is C[C@H]1CCCN(S(=O)(=O)c2cc(Cl)cnc2N)[C@H]1CN. The molecule has 1 aromatic rings. The van der Waals surface area contributed by atoms with Gasteiger partial charge in [-0.3, -0.25) is 0 Å². The maximum absolute atomic E-state index is 12.8. The Morgan fingerprint density at radius 2 is 2.25 bits per heavy atom. The number of sulfonamides is 1. The second-order valence-corrected chi connectivity index (χ2v) is 7.37. The van der Waals surface area contributed by atoms with Crippen LogP contribution in [0.4, 0.5) is 5.82 Å². The van der Waals surface area contributed by atoms with E-state index >= 15 is 0 Å². The number of anilines is 1. The van der Waals surface area contributed by atoms with Gasteiger partial charge in [-0.25, -0.2) is 13.4 Å². The summed E-state index contributed by atoms with van der Waals surface area (Å²) in [6.45, 7) is 2.74. The van der Waals surface area contributed by atoms with E-state index in [1.54, 1.807) is 0 Å². The molecule has 1 saturated heterocycles.